The quantitative estimate of drug-likeness (QED) is 0.803. The third-order valence-corrected chi connectivity index (χ3v) is 3.58. The standard InChI is InChI=1S/C18H16ClNO4/c1-11-3-4-13(18(22)23)10-15(11)20-17(21)8-5-12-9-14(19)6-7-16(12)24-2/h3-10H,1-2H3,(H,20,21)(H,22,23)/b8-5+. The molecule has 0 fully saturated rings. The number of amides is 1. The maximum atomic E-state index is 12.1. The number of nitrogens with one attached hydrogen (secondary N) is 1. The van der Waals surface area contributed by atoms with Crippen molar-refractivity contribution < 1.29 is 19.4 Å². The number of anilines is 1. The van der Waals surface area contributed by atoms with Gasteiger partial charge < -0.3 is 15.2 Å². The second-order valence-corrected chi connectivity index (χ2v) is 5.48. The number of methoxy groups -OCH3 is 1. The van der Waals surface area contributed by atoms with E-state index in [0.29, 0.717) is 22.0 Å². The lowest BCUT2D eigenvalue weighted by Crippen LogP contribution is -2.10. The second-order valence-electron chi connectivity index (χ2n) is 5.04. The summed E-state index contributed by atoms with van der Waals surface area (Å²) in [5.41, 5.74) is 1.98. The van der Waals surface area contributed by atoms with Crippen LogP contribution in [-0.4, -0.2) is 24.1 Å². The van der Waals surface area contributed by atoms with Crippen molar-refractivity contribution in [2.45, 2.75) is 6.92 Å². The van der Waals surface area contributed by atoms with Crippen molar-refractivity contribution in [3.63, 3.8) is 0 Å². The van der Waals surface area contributed by atoms with Crippen molar-refractivity contribution in [3.05, 3.63) is 64.2 Å². The van der Waals surface area contributed by atoms with Crippen LogP contribution >= 0.6 is 11.6 Å². The van der Waals surface area contributed by atoms with Crippen LogP contribution in [-0.2, 0) is 4.79 Å². The van der Waals surface area contributed by atoms with Crippen LogP contribution in [0.4, 0.5) is 5.69 Å². The third kappa shape index (κ3) is 4.36. The maximum absolute atomic E-state index is 12.1. The molecule has 0 aromatic heterocycles. The first-order valence-electron chi connectivity index (χ1n) is 7.07. The number of ether oxygens (including phenoxy) is 1. The van der Waals surface area contributed by atoms with Gasteiger partial charge in [0.15, 0.2) is 0 Å². The van der Waals surface area contributed by atoms with Crippen LogP contribution < -0.4 is 10.1 Å². The molecule has 2 aromatic rings. The average Bonchev–Trinajstić information content (AvgIpc) is 2.55. The molecule has 5 nitrogen and oxygen atoms in total. The molecule has 0 aliphatic rings. The van der Waals surface area contributed by atoms with E-state index in [0.717, 1.165) is 5.56 Å². The first-order valence-corrected chi connectivity index (χ1v) is 7.45. The zero-order chi connectivity index (χ0) is 17.7. The number of halogens is 1. The van der Waals surface area contributed by atoms with Gasteiger partial charge in [-0.3, -0.25) is 4.79 Å². The monoisotopic (exact) mass is 345 g/mol. The number of carbonyl (C=O) groups is 2. The van der Waals surface area contributed by atoms with Gasteiger partial charge >= 0.3 is 5.97 Å². The fraction of sp³-hybridized carbons (Fsp3) is 0.111. The Kier molecular flexibility index (Phi) is 5.60. The van der Waals surface area contributed by atoms with Crippen LogP contribution in [0, 0.1) is 6.92 Å². The van der Waals surface area contributed by atoms with Gasteiger partial charge in [-0.25, -0.2) is 4.79 Å². The summed E-state index contributed by atoms with van der Waals surface area (Å²) in [7, 11) is 1.53. The SMILES string of the molecule is COc1ccc(Cl)cc1/C=C/C(=O)Nc1cc(C(=O)O)ccc1C. The van der Waals surface area contributed by atoms with Crippen LogP contribution in [0.5, 0.6) is 5.75 Å². The molecule has 0 saturated carbocycles. The summed E-state index contributed by atoms with van der Waals surface area (Å²) in [5.74, 6) is -0.847. The number of carbonyl (C=O) groups excluding carboxylic acids is 1. The number of carboxylic acids is 1. The highest BCUT2D eigenvalue weighted by molar-refractivity contribution is 6.30. The molecule has 6 heteroatoms. The molecule has 24 heavy (non-hydrogen) atoms. The number of hydrogen-bond donors (Lipinski definition) is 2. The minimum atomic E-state index is -1.05. The minimum absolute atomic E-state index is 0.108. The largest absolute Gasteiger partial charge is 0.496 e. The fourth-order valence-corrected chi connectivity index (χ4v) is 2.25. The lowest BCUT2D eigenvalue weighted by Gasteiger charge is -2.08. The van der Waals surface area contributed by atoms with Gasteiger partial charge in [-0.2, -0.15) is 0 Å². The molecule has 1 amide bonds. The highest BCUT2D eigenvalue weighted by atomic mass is 35.5. The molecule has 0 radical (unpaired) electrons. The highest BCUT2D eigenvalue weighted by Gasteiger charge is 2.08. The Morgan fingerprint density at radius 1 is 1.21 bits per heavy atom. The molecule has 0 unspecified atom stereocenters. The lowest BCUT2D eigenvalue weighted by molar-refractivity contribution is -0.111. The predicted octanol–water partition coefficient (Wildman–Crippen LogP) is 4.01. The minimum Gasteiger partial charge on any atom is -0.496 e. The zero-order valence-electron chi connectivity index (χ0n) is 13.2. The molecular weight excluding hydrogens is 330 g/mol. The molecular formula is C18H16ClNO4. The van der Waals surface area contributed by atoms with Crippen LogP contribution in [0.3, 0.4) is 0 Å². The smallest absolute Gasteiger partial charge is 0.335 e. The lowest BCUT2D eigenvalue weighted by atomic mass is 10.1. The summed E-state index contributed by atoms with van der Waals surface area (Å²) >= 11 is 5.94. The Labute approximate surface area is 144 Å². The predicted molar refractivity (Wildman–Crippen MR) is 93.8 cm³/mol. The molecule has 2 aromatic carbocycles. The molecule has 2 N–H and O–H groups in total. The summed E-state index contributed by atoms with van der Waals surface area (Å²) in [6.07, 6.45) is 2.91. The van der Waals surface area contributed by atoms with Gasteiger partial charge in [-0.05, 0) is 48.9 Å². The zero-order valence-corrected chi connectivity index (χ0v) is 13.9. The molecule has 0 spiro atoms. The van der Waals surface area contributed by atoms with Crippen LogP contribution in [0.25, 0.3) is 6.08 Å². The maximum Gasteiger partial charge on any atom is 0.335 e. The van der Waals surface area contributed by atoms with Gasteiger partial charge in [0.05, 0.1) is 12.7 Å². The molecule has 2 rings (SSSR count). The van der Waals surface area contributed by atoms with Gasteiger partial charge in [-0.1, -0.05) is 17.7 Å². The van der Waals surface area contributed by atoms with Gasteiger partial charge in [0, 0.05) is 22.3 Å². The van der Waals surface area contributed by atoms with E-state index in [1.165, 1.54) is 25.3 Å². The van der Waals surface area contributed by atoms with Crippen molar-refractivity contribution in [2.75, 3.05) is 12.4 Å². The average molecular weight is 346 g/mol. The number of carboxylic acid groups (broad SMARTS) is 1. The van der Waals surface area contributed by atoms with Crippen molar-refractivity contribution in [1.29, 1.82) is 0 Å². The molecule has 0 aliphatic heterocycles. The van der Waals surface area contributed by atoms with Gasteiger partial charge in [0.25, 0.3) is 0 Å². The third-order valence-electron chi connectivity index (χ3n) is 3.35. The first-order chi connectivity index (χ1) is 11.4. The van der Waals surface area contributed by atoms with E-state index in [9.17, 15) is 9.59 Å². The van der Waals surface area contributed by atoms with Crippen molar-refractivity contribution in [2.24, 2.45) is 0 Å². The van der Waals surface area contributed by atoms with E-state index in [-0.39, 0.29) is 11.5 Å². The normalized spacial score (nSPS) is 10.6. The van der Waals surface area contributed by atoms with E-state index < -0.39 is 5.97 Å². The van der Waals surface area contributed by atoms with Crippen molar-refractivity contribution in [3.8, 4) is 5.75 Å². The summed E-state index contributed by atoms with van der Waals surface area (Å²) < 4.78 is 5.21. The van der Waals surface area contributed by atoms with E-state index >= 15 is 0 Å². The molecule has 0 bridgehead atoms. The Bertz CT molecular complexity index is 815. The number of aryl methyl sites for hydroxylation is 1. The van der Waals surface area contributed by atoms with Gasteiger partial charge in [-0.15, -0.1) is 0 Å². The summed E-state index contributed by atoms with van der Waals surface area (Å²) in [6.45, 7) is 1.78. The number of hydrogen-bond acceptors (Lipinski definition) is 3. The Hall–Kier alpha value is -2.79. The van der Waals surface area contributed by atoms with Crippen LogP contribution in [0.1, 0.15) is 21.5 Å². The van der Waals surface area contributed by atoms with Crippen molar-refractivity contribution >= 4 is 35.2 Å². The first kappa shape index (κ1) is 17.6. The fourth-order valence-electron chi connectivity index (χ4n) is 2.07. The van der Waals surface area contributed by atoms with Crippen LogP contribution in [0.15, 0.2) is 42.5 Å². The van der Waals surface area contributed by atoms with Crippen molar-refractivity contribution in [1.82, 2.24) is 0 Å². The molecule has 0 atom stereocenters. The van der Waals surface area contributed by atoms with E-state index in [4.69, 9.17) is 21.4 Å². The van der Waals surface area contributed by atoms with Gasteiger partial charge in [0.1, 0.15) is 5.75 Å². The molecule has 124 valence electrons. The Morgan fingerprint density at radius 3 is 2.62 bits per heavy atom. The van der Waals surface area contributed by atoms with E-state index in [2.05, 4.69) is 5.32 Å². The molecule has 0 heterocycles. The Balaban J connectivity index is 2.18. The highest BCUT2D eigenvalue weighted by Crippen LogP contribution is 2.24. The number of aromatic carboxylic acids is 1. The van der Waals surface area contributed by atoms with E-state index in [1.54, 1.807) is 37.3 Å². The molecule has 0 saturated heterocycles. The Morgan fingerprint density at radius 2 is 1.96 bits per heavy atom. The number of benzene rings is 2. The summed E-state index contributed by atoms with van der Waals surface area (Å²) in [5, 5.41) is 12.2. The van der Waals surface area contributed by atoms with E-state index in [1.807, 2.05) is 0 Å². The van der Waals surface area contributed by atoms with Crippen LogP contribution in [0.2, 0.25) is 5.02 Å². The second kappa shape index (κ2) is 7.66. The number of rotatable bonds is 5. The summed E-state index contributed by atoms with van der Waals surface area (Å²) in [4.78, 5) is 23.1. The molecule has 0 aliphatic carbocycles. The van der Waals surface area contributed by atoms with Gasteiger partial charge in [0.2, 0.25) is 5.91 Å². The summed E-state index contributed by atoms with van der Waals surface area (Å²) in [6, 6.07) is 9.63. The topological polar surface area (TPSA) is 75.6 Å².